The minimum atomic E-state index is -1.06. The minimum Gasteiger partial charge on any atom is -0.329 e. The van der Waals surface area contributed by atoms with Gasteiger partial charge in [0.1, 0.15) is 11.3 Å². The number of halogens is 3. The van der Waals surface area contributed by atoms with Crippen LogP contribution in [0.2, 0.25) is 5.02 Å². The molecule has 0 saturated heterocycles. The van der Waals surface area contributed by atoms with Crippen LogP contribution in [0.1, 0.15) is 5.56 Å². The molecule has 2 aromatic carbocycles. The smallest absolute Gasteiger partial charge is 0.329 e. The van der Waals surface area contributed by atoms with E-state index in [4.69, 9.17) is 11.6 Å². The first-order chi connectivity index (χ1) is 16.9. The number of aromatic nitrogens is 3. The fraction of sp³-hybridized carbons (Fsp3) is 0.120. The van der Waals surface area contributed by atoms with Crippen molar-refractivity contribution in [1.82, 2.24) is 19.9 Å². The molecular weight excluding hydrogens is 476 g/mol. The number of aryl methyl sites for hydroxylation is 1. The Morgan fingerprint density at radius 2 is 1.91 bits per heavy atom. The summed E-state index contributed by atoms with van der Waals surface area (Å²) >= 11 is 6.80. The SMILES string of the molecule is C=C(F)C(=O)N1C=CN(c2nc(OF)nc3c(Cl)c(-c4cccc5cccc(C)c45)ncc23)CC1. The van der Waals surface area contributed by atoms with Gasteiger partial charge in [-0.05, 0) is 23.3 Å². The highest BCUT2D eigenvalue weighted by molar-refractivity contribution is 6.38. The number of rotatable bonds is 4. The lowest BCUT2D eigenvalue weighted by Gasteiger charge is -2.29. The van der Waals surface area contributed by atoms with Crippen molar-refractivity contribution in [2.45, 2.75) is 6.92 Å². The summed E-state index contributed by atoms with van der Waals surface area (Å²) in [4.78, 5) is 31.4. The maximum atomic E-state index is 13.2. The molecule has 1 aliphatic heterocycles. The van der Waals surface area contributed by atoms with Gasteiger partial charge >= 0.3 is 6.01 Å². The number of anilines is 1. The molecule has 1 amide bonds. The van der Waals surface area contributed by atoms with E-state index in [-0.39, 0.29) is 29.4 Å². The molecule has 10 heteroatoms. The van der Waals surface area contributed by atoms with Crippen molar-refractivity contribution >= 4 is 45.0 Å². The van der Waals surface area contributed by atoms with Crippen molar-refractivity contribution in [1.29, 1.82) is 0 Å². The molecule has 0 unspecified atom stereocenters. The Labute approximate surface area is 203 Å². The highest BCUT2D eigenvalue weighted by Gasteiger charge is 2.24. The van der Waals surface area contributed by atoms with Crippen molar-refractivity contribution < 1.29 is 18.7 Å². The second-order valence-corrected chi connectivity index (χ2v) is 8.34. The predicted molar refractivity (Wildman–Crippen MR) is 130 cm³/mol. The molecule has 4 aromatic rings. The number of hydrogen-bond donors (Lipinski definition) is 0. The molecule has 5 rings (SSSR count). The van der Waals surface area contributed by atoms with Crippen LogP contribution < -0.4 is 9.84 Å². The van der Waals surface area contributed by atoms with Crippen molar-refractivity contribution in [2.75, 3.05) is 18.0 Å². The number of amides is 1. The summed E-state index contributed by atoms with van der Waals surface area (Å²) in [5, 5.41) is 2.70. The zero-order valence-electron chi connectivity index (χ0n) is 18.5. The quantitative estimate of drug-likeness (QED) is 0.341. The van der Waals surface area contributed by atoms with E-state index in [0.29, 0.717) is 11.1 Å². The van der Waals surface area contributed by atoms with Gasteiger partial charge in [-0.3, -0.25) is 14.7 Å². The van der Waals surface area contributed by atoms with Gasteiger partial charge in [0.25, 0.3) is 5.91 Å². The van der Waals surface area contributed by atoms with Gasteiger partial charge in [-0.15, -0.1) is 0 Å². The van der Waals surface area contributed by atoms with Crippen molar-refractivity contribution in [3.8, 4) is 17.3 Å². The maximum Gasteiger partial charge on any atom is 0.362 e. The van der Waals surface area contributed by atoms with Crippen LogP contribution in [-0.2, 0) is 4.79 Å². The summed E-state index contributed by atoms with van der Waals surface area (Å²) in [5.41, 5.74) is 2.61. The van der Waals surface area contributed by atoms with Gasteiger partial charge in [0, 0.05) is 41.8 Å². The van der Waals surface area contributed by atoms with Crippen LogP contribution in [0.15, 0.2) is 67.4 Å². The number of nitrogens with zero attached hydrogens (tertiary/aromatic N) is 5. The summed E-state index contributed by atoms with van der Waals surface area (Å²) in [5.74, 6) is -1.61. The monoisotopic (exact) mass is 493 g/mol. The fourth-order valence-electron chi connectivity index (χ4n) is 4.22. The average molecular weight is 494 g/mol. The van der Waals surface area contributed by atoms with Crippen LogP contribution in [0.4, 0.5) is 14.7 Å². The first-order valence-corrected chi connectivity index (χ1v) is 11.0. The van der Waals surface area contributed by atoms with Gasteiger partial charge in [-0.1, -0.05) is 54.6 Å². The summed E-state index contributed by atoms with van der Waals surface area (Å²) in [7, 11) is 0. The van der Waals surface area contributed by atoms with Crippen LogP contribution in [0, 0.1) is 6.92 Å². The average Bonchev–Trinajstić information content (AvgIpc) is 2.88. The standard InChI is InChI=1S/C25H18ClF2N5O2/c1-14-5-3-6-16-7-4-8-17(19(14)16)21-20(26)22-18(13-29-21)23(31-25(30-22)35-28)32-9-11-33(12-10-32)24(34)15(2)27/h3-9,11,13H,2,10,12H2,1H3. The molecule has 0 atom stereocenters. The minimum absolute atomic E-state index is 0.157. The van der Waals surface area contributed by atoms with Gasteiger partial charge in [0.2, 0.25) is 0 Å². The third-order valence-electron chi connectivity index (χ3n) is 5.85. The van der Waals surface area contributed by atoms with E-state index in [1.54, 1.807) is 11.1 Å². The summed E-state index contributed by atoms with van der Waals surface area (Å²) in [6, 6.07) is 11.3. The van der Waals surface area contributed by atoms with Gasteiger partial charge in [0.05, 0.1) is 16.1 Å². The van der Waals surface area contributed by atoms with E-state index in [1.807, 2.05) is 43.3 Å². The molecule has 0 bridgehead atoms. The van der Waals surface area contributed by atoms with Crippen LogP contribution in [0.5, 0.6) is 6.01 Å². The Morgan fingerprint density at radius 3 is 2.60 bits per heavy atom. The van der Waals surface area contributed by atoms with Gasteiger partial charge in [-0.2, -0.15) is 9.97 Å². The van der Waals surface area contributed by atoms with Gasteiger partial charge in [0.15, 0.2) is 5.83 Å². The Kier molecular flexibility index (Phi) is 5.78. The first kappa shape index (κ1) is 22.7. The number of pyridine rings is 1. The maximum absolute atomic E-state index is 13.2. The molecule has 0 radical (unpaired) electrons. The molecular formula is C25H18ClF2N5O2. The molecule has 7 nitrogen and oxygen atoms in total. The normalized spacial score (nSPS) is 13.5. The molecule has 0 aliphatic carbocycles. The molecule has 0 fully saturated rings. The second kappa shape index (κ2) is 8.92. The number of carbonyl (C=O) groups is 1. The van der Waals surface area contributed by atoms with Crippen LogP contribution >= 0.6 is 11.6 Å². The Bertz CT molecular complexity index is 1540. The molecule has 35 heavy (non-hydrogen) atoms. The van der Waals surface area contributed by atoms with Crippen LogP contribution in [0.25, 0.3) is 32.9 Å². The molecule has 2 aromatic heterocycles. The van der Waals surface area contributed by atoms with E-state index in [9.17, 15) is 13.7 Å². The number of hydrogen-bond acceptors (Lipinski definition) is 6. The topological polar surface area (TPSA) is 71.5 Å². The van der Waals surface area contributed by atoms with Crippen molar-refractivity contribution in [3.63, 3.8) is 0 Å². The highest BCUT2D eigenvalue weighted by atomic mass is 35.5. The summed E-state index contributed by atoms with van der Waals surface area (Å²) in [6.45, 7) is 5.44. The van der Waals surface area contributed by atoms with E-state index in [1.165, 1.54) is 17.3 Å². The van der Waals surface area contributed by atoms with Crippen molar-refractivity contribution in [2.24, 2.45) is 0 Å². The number of benzene rings is 2. The van der Waals surface area contributed by atoms with Crippen molar-refractivity contribution in [3.05, 3.63) is 78.0 Å². The van der Waals surface area contributed by atoms with E-state index >= 15 is 0 Å². The zero-order valence-corrected chi connectivity index (χ0v) is 19.3. The van der Waals surface area contributed by atoms with Gasteiger partial charge in [-0.25, -0.2) is 4.39 Å². The first-order valence-electron chi connectivity index (χ1n) is 10.6. The molecule has 176 valence electrons. The van der Waals surface area contributed by atoms with Crippen LogP contribution in [-0.4, -0.2) is 38.8 Å². The Hall–Kier alpha value is -4.11. The van der Waals surface area contributed by atoms with Crippen LogP contribution in [0.3, 0.4) is 0 Å². The number of fused-ring (bicyclic) bond motifs is 2. The second-order valence-electron chi connectivity index (χ2n) is 7.96. The Morgan fingerprint density at radius 1 is 1.14 bits per heavy atom. The molecule has 1 aliphatic rings. The Balaban J connectivity index is 1.65. The predicted octanol–water partition coefficient (Wildman–Crippen LogP) is 5.67. The third-order valence-corrected chi connectivity index (χ3v) is 6.21. The fourth-order valence-corrected chi connectivity index (χ4v) is 4.51. The van der Waals surface area contributed by atoms with E-state index < -0.39 is 17.7 Å². The lowest BCUT2D eigenvalue weighted by molar-refractivity contribution is -0.126. The molecule has 0 saturated carbocycles. The highest BCUT2D eigenvalue weighted by Crippen LogP contribution is 2.39. The molecule has 0 spiro atoms. The van der Waals surface area contributed by atoms with E-state index in [0.717, 1.165) is 21.9 Å². The lowest BCUT2D eigenvalue weighted by Crippen LogP contribution is -2.38. The third kappa shape index (κ3) is 3.93. The lowest BCUT2D eigenvalue weighted by atomic mass is 9.97. The van der Waals surface area contributed by atoms with E-state index in [2.05, 4.69) is 26.5 Å². The zero-order chi connectivity index (χ0) is 24.7. The largest absolute Gasteiger partial charge is 0.362 e. The number of carbonyl (C=O) groups excluding carboxylic acids is 1. The molecule has 0 N–H and O–H groups in total. The molecule has 3 heterocycles. The summed E-state index contributed by atoms with van der Waals surface area (Å²) < 4.78 is 26.5. The van der Waals surface area contributed by atoms with Gasteiger partial charge < -0.3 is 9.80 Å². The summed E-state index contributed by atoms with van der Waals surface area (Å²) in [6.07, 6.45) is 4.48.